The predicted octanol–water partition coefficient (Wildman–Crippen LogP) is 4.30. The summed E-state index contributed by atoms with van der Waals surface area (Å²) in [5.41, 5.74) is 0.0835. The standard InChI is InChI=1S/C24H37NO4/c1-3-24(14-9-15-24)22(27)12-8-11-20-19(18(17-25)16-21(20)26)10-6-4-5-7-13-23(28)29-2/h4,6,8,11,18-22,26-27H,3,5,7,9-10,12-16H2,1-2H3/b6-4+,11-8+/t18-,19-,20+,21+,22?/m0/s1. The third-order valence-electron chi connectivity index (χ3n) is 7.15. The van der Waals surface area contributed by atoms with Crippen LogP contribution in [0, 0.1) is 34.5 Å². The van der Waals surface area contributed by atoms with Crippen molar-refractivity contribution in [1.82, 2.24) is 0 Å². The summed E-state index contributed by atoms with van der Waals surface area (Å²) in [6.07, 6.45) is 15.6. The van der Waals surface area contributed by atoms with Crippen LogP contribution in [0.25, 0.3) is 0 Å². The number of rotatable bonds is 11. The van der Waals surface area contributed by atoms with Crippen LogP contribution in [0.4, 0.5) is 0 Å². The van der Waals surface area contributed by atoms with Crippen molar-refractivity contribution < 1.29 is 19.7 Å². The molecule has 0 amide bonds. The minimum absolute atomic E-state index is 0.0504. The van der Waals surface area contributed by atoms with Crippen molar-refractivity contribution in [2.24, 2.45) is 23.2 Å². The van der Waals surface area contributed by atoms with E-state index in [1.54, 1.807) is 0 Å². The Morgan fingerprint density at radius 1 is 1.34 bits per heavy atom. The Morgan fingerprint density at radius 3 is 2.69 bits per heavy atom. The fourth-order valence-electron chi connectivity index (χ4n) is 4.89. The van der Waals surface area contributed by atoms with Gasteiger partial charge in [-0.1, -0.05) is 37.6 Å². The fourth-order valence-corrected chi connectivity index (χ4v) is 4.89. The number of carbonyl (C=O) groups is 1. The highest BCUT2D eigenvalue weighted by Gasteiger charge is 2.42. The maximum absolute atomic E-state index is 11.1. The minimum Gasteiger partial charge on any atom is -0.469 e. The molecule has 2 N–H and O–H groups in total. The number of nitrogens with zero attached hydrogens (tertiary/aromatic N) is 1. The van der Waals surface area contributed by atoms with Gasteiger partial charge in [-0.3, -0.25) is 4.79 Å². The Labute approximate surface area is 175 Å². The molecule has 0 aliphatic heterocycles. The van der Waals surface area contributed by atoms with Crippen LogP contribution >= 0.6 is 0 Å². The molecular weight excluding hydrogens is 366 g/mol. The molecule has 2 aliphatic carbocycles. The molecule has 0 aromatic rings. The van der Waals surface area contributed by atoms with E-state index in [2.05, 4.69) is 23.8 Å². The highest BCUT2D eigenvalue weighted by molar-refractivity contribution is 5.69. The van der Waals surface area contributed by atoms with Crippen molar-refractivity contribution >= 4 is 5.97 Å². The predicted molar refractivity (Wildman–Crippen MR) is 113 cm³/mol. The van der Waals surface area contributed by atoms with Crippen LogP contribution in [0.2, 0.25) is 0 Å². The fraction of sp³-hybridized carbons (Fsp3) is 0.750. The zero-order valence-electron chi connectivity index (χ0n) is 17.9. The normalized spacial score (nSPS) is 29.6. The van der Waals surface area contributed by atoms with E-state index in [1.807, 2.05) is 18.2 Å². The molecule has 2 aliphatic rings. The van der Waals surface area contributed by atoms with Gasteiger partial charge in [0.25, 0.3) is 0 Å². The van der Waals surface area contributed by atoms with Gasteiger partial charge in [0, 0.05) is 12.3 Å². The number of ether oxygens (including phenoxy) is 1. The Bertz CT molecular complexity index is 611. The van der Waals surface area contributed by atoms with Crippen molar-refractivity contribution in [3.63, 3.8) is 0 Å². The second-order valence-electron chi connectivity index (χ2n) is 8.70. The molecule has 29 heavy (non-hydrogen) atoms. The number of esters is 1. The molecule has 0 heterocycles. The second-order valence-corrected chi connectivity index (χ2v) is 8.70. The first-order valence-corrected chi connectivity index (χ1v) is 11.1. The third kappa shape index (κ3) is 6.17. The molecule has 0 saturated heterocycles. The minimum atomic E-state index is -0.505. The number of hydrogen-bond donors (Lipinski definition) is 2. The molecule has 0 spiro atoms. The van der Waals surface area contributed by atoms with Crippen LogP contribution < -0.4 is 0 Å². The summed E-state index contributed by atoms with van der Waals surface area (Å²) in [6.45, 7) is 2.15. The monoisotopic (exact) mass is 403 g/mol. The summed E-state index contributed by atoms with van der Waals surface area (Å²) in [5, 5.41) is 30.6. The third-order valence-corrected chi connectivity index (χ3v) is 7.15. The molecule has 2 fully saturated rings. The van der Waals surface area contributed by atoms with Gasteiger partial charge in [-0.25, -0.2) is 0 Å². The lowest BCUT2D eigenvalue weighted by Crippen LogP contribution is -2.40. The van der Waals surface area contributed by atoms with E-state index in [1.165, 1.54) is 13.5 Å². The topological polar surface area (TPSA) is 90.5 Å². The number of aliphatic hydroxyl groups is 2. The van der Waals surface area contributed by atoms with Crippen LogP contribution in [-0.2, 0) is 9.53 Å². The maximum Gasteiger partial charge on any atom is 0.305 e. The average Bonchev–Trinajstić information content (AvgIpc) is 2.98. The van der Waals surface area contributed by atoms with Crippen molar-refractivity contribution in [3.05, 3.63) is 24.3 Å². The van der Waals surface area contributed by atoms with Gasteiger partial charge in [0.2, 0.25) is 0 Å². The lowest BCUT2D eigenvalue weighted by Gasteiger charge is -2.45. The van der Waals surface area contributed by atoms with Crippen LogP contribution in [0.3, 0.4) is 0 Å². The molecular formula is C24H37NO4. The molecule has 2 saturated carbocycles. The molecule has 0 bridgehead atoms. The van der Waals surface area contributed by atoms with Gasteiger partial charge in [-0.05, 0) is 62.7 Å². The van der Waals surface area contributed by atoms with Gasteiger partial charge in [0.05, 0.1) is 31.3 Å². The summed E-state index contributed by atoms with van der Waals surface area (Å²) >= 11 is 0. The zero-order valence-corrected chi connectivity index (χ0v) is 17.9. The van der Waals surface area contributed by atoms with Crippen LogP contribution in [-0.4, -0.2) is 35.5 Å². The van der Waals surface area contributed by atoms with E-state index in [-0.39, 0.29) is 35.2 Å². The Balaban J connectivity index is 1.87. The van der Waals surface area contributed by atoms with Gasteiger partial charge >= 0.3 is 5.97 Å². The lowest BCUT2D eigenvalue weighted by atomic mass is 9.63. The SMILES string of the molecule is CCC1(C(O)C/C=C/[C@@H]2[C@@H](C/C=C/CCCC(=O)OC)[C@H](C#N)C[C@H]2O)CCC1. The summed E-state index contributed by atoms with van der Waals surface area (Å²) in [6, 6.07) is 2.36. The summed E-state index contributed by atoms with van der Waals surface area (Å²) in [7, 11) is 1.40. The highest BCUT2D eigenvalue weighted by atomic mass is 16.5. The van der Waals surface area contributed by atoms with Gasteiger partial charge in [-0.15, -0.1) is 0 Å². The van der Waals surface area contributed by atoms with E-state index in [0.29, 0.717) is 19.3 Å². The molecule has 0 radical (unpaired) electrons. The summed E-state index contributed by atoms with van der Waals surface area (Å²) in [5.74, 6) is -0.312. The van der Waals surface area contributed by atoms with E-state index in [4.69, 9.17) is 0 Å². The smallest absolute Gasteiger partial charge is 0.305 e. The molecule has 5 heteroatoms. The number of unbranched alkanes of at least 4 members (excludes halogenated alkanes) is 1. The maximum atomic E-state index is 11.1. The van der Waals surface area contributed by atoms with Crippen LogP contribution in [0.5, 0.6) is 0 Å². The van der Waals surface area contributed by atoms with Crippen molar-refractivity contribution in [1.29, 1.82) is 5.26 Å². The molecule has 0 aromatic carbocycles. The van der Waals surface area contributed by atoms with Crippen LogP contribution in [0.15, 0.2) is 24.3 Å². The first-order chi connectivity index (χ1) is 14.0. The highest BCUT2D eigenvalue weighted by Crippen LogP contribution is 2.48. The summed E-state index contributed by atoms with van der Waals surface area (Å²) in [4.78, 5) is 11.1. The number of methoxy groups -OCH3 is 1. The van der Waals surface area contributed by atoms with E-state index >= 15 is 0 Å². The second kappa shape index (κ2) is 11.5. The Hall–Kier alpha value is -1.64. The van der Waals surface area contributed by atoms with E-state index in [9.17, 15) is 20.3 Å². The molecule has 1 unspecified atom stereocenters. The number of aliphatic hydroxyl groups excluding tert-OH is 2. The average molecular weight is 404 g/mol. The first-order valence-electron chi connectivity index (χ1n) is 11.1. The molecule has 0 aromatic heterocycles. The van der Waals surface area contributed by atoms with Crippen molar-refractivity contribution in [3.8, 4) is 6.07 Å². The number of nitriles is 1. The van der Waals surface area contributed by atoms with E-state index < -0.39 is 6.10 Å². The molecule has 5 nitrogen and oxygen atoms in total. The number of carbonyl (C=O) groups excluding carboxylic acids is 1. The zero-order chi connectivity index (χ0) is 21.3. The molecule has 5 atom stereocenters. The summed E-state index contributed by atoms with van der Waals surface area (Å²) < 4.78 is 4.63. The Morgan fingerprint density at radius 2 is 2.10 bits per heavy atom. The van der Waals surface area contributed by atoms with Crippen molar-refractivity contribution in [2.75, 3.05) is 7.11 Å². The quantitative estimate of drug-likeness (QED) is 0.305. The number of allylic oxidation sites excluding steroid dienone is 2. The van der Waals surface area contributed by atoms with Crippen LogP contribution in [0.1, 0.15) is 71.1 Å². The molecule has 162 valence electrons. The van der Waals surface area contributed by atoms with E-state index in [0.717, 1.165) is 38.5 Å². The van der Waals surface area contributed by atoms with Gasteiger partial charge in [-0.2, -0.15) is 5.26 Å². The Kier molecular flexibility index (Phi) is 9.39. The van der Waals surface area contributed by atoms with Gasteiger partial charge in [0.1, 0.15) is 0 Å². The first kappa shape index (κ1) is 23.6. The molecule has 2 rings (SSSR count). The van der Waals surface area contributed by atoms with Gasteiger partial charge in [0.15, 0.2) is 0 Å². The van der Waals surface area contributed by atoms with Crippen molar-refractivity contribution in [2.45, 2.75) is 83.3 Å². The van der Waals surface area contributed by atoms with Gasteiger partial charge < -0.3 is 14.9 Å². The number of hydrogen-bond acceptors (Lipinski definition) is 5. The largest absolute Gasteiger partial charge is 0.469 e. The lowest BCUT2D eigenvalue weighted by molar-refractivity contribution is -0.140.